The summed E-state index contributed by atoms with van der Waals surface area (Å²) in [6.45, 7) is 4.26. The number of amides is 3. The molecule has 3 amide bonds. The second-order valence-corrected chi connectivity index (χ2v) is 9.08. The van der Waals surface area contributed by atoms with Gasteiger partial charge in [-0.05, 0) is 32.6 Å². The molecular weight excluding hydrogens is 394 g/mol. The van der Waals surface area contributed by atoms with Crippen molar-refractivity contribution < 1.29 is 19.6 Å². The molecule has 3 rings (SSSR count). The average Bonchev–Trinajstić information content (AvgIpc) is 3.43. The van der Waals surface area contributed by atoms with Gasteiger partial charge in [0.1, 0.15) is 6.04 Å². The van der Waals surface area contributed by atoms with Crippen LogP contribution in [0.2, 0.25) is 0 Å². The Morgan fingerprint density at radius 1 is 1.38 bits per heavy atom. The smallest absolute Gasteiger partial charge is 0.250 e. The summed E-state index contributed by atoms with van der Waals surface area (Å²) in [5.41, 5.74) is 3.88. The summed E-state index contributed by atoms with van der Waals surface area (Å²) in [6, 6.07) is -0.651. The van der Waals surface area contributed by atoms with Gasteiger partial charge in [-0.3, -0.25) is 24.6 Å². The van der Waals surface area contributed by atoms with Crippen molar-refractivity contribution in [2.75, 3.05) is 18.4 Å². The van der Waals surface area contributed by atoms with Gasteiger partial charge in [0.05, 0.1) is 18.2 Å². The lowest BCUT2D eigenvalue weighted by atomic mass is 9.92. The lowest BCUT2D eigenvalue weighted by Crippen LogP contribution is -2.51. The molecule has 9 nitrogen and oxygen atoms in total. The molecule has 1 unspecified atom stereocenters. The molecule has 1 aliphatic carbocycles. The van der Waals surface area contributed by atoms with Crippen LogP contribution in [0.5, 0.6) is 0 Å². The lowest BCUT2D eigenvalue weighted by Gasteiger charge is -2.29. The summed E-state index contributed by atoms with van der Waals surface area (Å²) in [5.74, 6) is -0.700. The molecule has 1 saturated carbocycles. The van der Waals surface area contributed by atoms with Gasteiger partial charge in [-0.1, -0.05) is 25.7 Å². The minimum Gasteiger partial charge on any atom is -0.300 e. The van der Waals surface area contributed by atoms with E-state index in [9.17, 15) is 19.6 Å². The largest absolute Gasteiger partial charge is 0.300 e. The van der Waals surface area contributed by atoms with E-state index in [1.54, 1.807) is 0 Å². The molecule has 1 aromatic rings. The first-order valence-electron chi connectivity index (χ1n) is 10.1. The fourth-order valence-electron chi connectivity index (χ4n) is 4.12. The minimum absolute atomic E-state index is 0.0732. The third-order valence-corrected chi connectivity index (χ3v) is 6.77. The van der Waals surface area contributed by atoms with E-state index in [0.717, 1.165) is 36.3 Å². The Bertz CT molecular complexity index is 729. The summed E-state index contributed by atoms with van der Waals surface area (Å²) in [6.07, 6.45) is 5.79. The third kappa shape index (κ3) is 5.31. The standard InChI is InChI=1S/C19H29N5O4S/c1-12-13(2)29-19(21-12)22-17(26)16-7-8-20-24(16)18(27)15(10-23(28)11-25)9-14-5-3-4-6-14/h11,14-16,20,28H,3-10H2,1-2H3,(H,21,22,26)/t15?,16-/m0/s1. The maximum absolute atomic E-state index is 13.2. The van der Waals surface area contributed by atoms with E-state index in [0.29, 0.717) is 41.9 Å². The van der Waals surface area contributed by atoms with Crippen LogP contribution < -0.4 is 10.7 Å². The number of hydrogen-bond acceptors (Lipinski definition) is 7. The van der Waals surface area contributed by atoms with Crippen LogP contribution in [-0.4, -0.2) is 57.6 Å². The van der Waals surface area contributed by atoms with Gasteiger partial charge in [0.15, 0.2) is 5.13 Å². The van der Waals surface area contributed by atoms with Crippen molar-refractivity contribution >= 4 is 34.7 Å². The van der Waals surface area contributed by atoms with E-state index in [-0.39, 0.29) is 18.4 Å². The number of aromatic nitrogens is 1. The lowest BCUT2D eigenvalue weighted by molar-refractivity contribution is -0.159. The molecule has 0 aromatic carbocycles. The number of rotatable bonds is 8. The number of carbonyl (C=O) groups is 3. The molecular formula is C19H29N5O4S. The van der Waals surface area contributed by atoms with Crippen molar-refractivity contribution in [2.24, 2.45) is 11.8 Å². The summed E-state index contributed by atoms with van der Waals surface area (Å²) < 4.78 is 0. The van der Waals surface area contributed by atoms with Crippen molar-refractivity contribution in [3.05, 3.63) is 10.6 Å². The summed E-state index contributed by atoms with van der Waals surface area (Å²) >= 11 is 1.40. The normalized spacial score (nSPS) is 20.7. The van der Waals surface area contributed by atoms with Crippen LogP contribution in [0.15, 0.2) is 0 Å². The van der Waals surface area contributed by atoms with Crippen LogP contribution in [0.3, 0.4) is 0 Å². The summed E-state index contributed by atoms with van der Waals surface area (Å²) in [7, 11) is 0. The fraction of sp³-hybridized carbons (Fsp3) is 0.684. The zero-order valence-corrected chi connectivity index (χ0v) is 17.7. The highest BCUT2D eigenvalue weighted by atomic mass is 32.1. The summed E-state index contributed by atoms with van der Waals surface area (Å²) in [5, 5.41) is 14.9. The van der Waals surface area contributed by atoms with Crippen LogP contribution in [0.25, 0.3) is 0 Å². The molecule has 2 fully saturated rings. The SMILES string of the molecule is Cc1nc(NC(=O)[C@@H]2CCNN2C(=O)C(CC2CCCC2)CN(O)C=O)sc1C. The molecule has 2 atom stereocenters. The highest BCUT2D eigenvalue weighted by Gasteiger charge is 2.39. The van der Waals surface area contributed by atoms with E-state index < -0.39 is 12.0 Å². The monoisotopic (exact) mass is 423 g/mol. The second-order valence-electron chi connectivity index (χ2n) is 7.88. The molecule has 1 aromatic heterocycles. The van der Waals surface area contributed by atoms with Crippen LogP contribution in [-0.2, 0) is 14.4 Å². The number of aryl methyl sites for hydroxylation is 2. The Kier molecular flexibility index (Phi) is 7.20. The number of hydroxylamine groups is 2. The first kappa shape index (κ1) is 21.7. The quantitative estimate of drug-likeness (QED) is 0.334. The van der Waals surface area contributed by atoms with Crippen LogP contribution in [0.1, 0.15) is 49.1 Å². The molecule has 1 saturated heterocycles. The fourth-order valence-corrected chi connectivity index (χ4v) is 4.94. The van der Waals surface area contributed by atoms with E-state index in [2.05, 4.69) is 15.7 Å². The second kappa shape index (κ2) is 9.64. The molecule has 10 heteroatoms. The number of hydrazine groups is 1. The Balaban J connectivity index is 1.69. The Labute approximate surface area is 174 Å². The van der Waals surface area contributed by atoms with Gasteiger partial charge in [-0.2, -0.15) is 0 Å². The average molecular weight is 424 g/mol. The molecule has 2 heterocycles. The number of anilines is 1. The van der Waals surface area contributed by atoms with Gasteiger partial charge >= 0.3 is 0 Å². The van der Waals surface area contributed by atoms with Crippen molar-refractivity contribution in [2.45, 2.75) is 58.4 Å². The van der Waals surface area contributed by atoms with Crippen LogP contribution in [0, 0.1) is 25.7 Å². The maximum atomic E-state index is 13.2. The Morgan fingerprint density at radius 3 is 2.72 bits per heavy atom. The molecule has 29 heavy (non-hydrogen) atoms. The van der Waals surface area contributed by atoms with E-state index in [4.69, 9.17) is 0 Å². The number of thiazole rings is 1. The first-order valence-corrected chi connectivity index (χ1v) is 10.9. The van der Waals surface area contributed by atoms with Crippen molar-refractivity contribution in [3.8, 4) is 0 Å². The highest BCUT2D eigenvalue weighted by molar-refractivity contribution is 7.15. The van der Waals surface area contributed by atoms with E-state index in [1.807, 2.05) is 13.8 Å². The molecule has 0 radical (unpaired) electrons. The Hall–Kier alpha value is -2.04. The molecule has 0 bridgehead atoms. The molecule has 160 valence electrons. The van der Waals surface area contributed by atoms with Crippen molar-refractivity contribution in [3.63, 3.8) is 0 Å². The van der Waals surface area contributed by atoms with Gasteiger partial charge in [-0.25, -0.2) is 15.5 Å². The number of nitrogens with one attached hydrogen (secondary N) is 2. The molecule has 1 aliphatic heterocycles. The molecule has 0 spiro atoms. The number of carbonyl (C=O) groups excluding carboxylic acids is 3. The number of nitrogens with zero attached hydrogens (tertiary/aromatic N) is 3. The van der Waals surface area contributed by atoms with E-state index in [1.165, 1.54) is 16.3 Å². The van der Waals surface area contributed by atoms with Gasteiger partial charge in [0.2, 0.25) is 12.3 Å². The topological polar surface area (TPSA) is 115 Å². The van der Waals surface area contributed by atoms with Crippen LogP contribution in [0.4, 0.5) is 5.13 Å². The zero-order valence-electron chi connectivity index (χ0n) is 16.9. The van der Waals surface area contributed by atoms with Crippen molar-refractivity contribution in [1.82, 2.24) is 20.5 Å². The van der Waals surface area contributed by atoms with Gasteiger partial charge in [-0.15, -0.1) is 11.3 Å². The predicted molar refractivity (Wildman–Crippen MR) is 108 cm³/mol. The van der Waals surface area contributed by atoms with Crippen LogP contribution >= 0.6 is 11.3 Å². The van der Waals surface area contributed by atoms with Crippen molar-refractivity contribution in [1.29, 1.82) is 0 Å². The first-order chi connectivity index (χ1) is 13.9. The minimum atomic E-state index is -0.651. The molecule has 2 aliphatic rings. The van der Waals surface area contributed by atoms with E-state index >= 15 is 0 Å². The van der Waals surface area contributed by atoms with Gasteiger partial charge < -0.3 is 5.32 Å². The zero-order chi connectivity index (χ0) is 21.0. The number of hydrogen-bond donors (Lipinski definition) is 3. The third-order valence-electron chi connectivity index (χ3n) is 5.78. The summed E-state index contributed by atoms with van der Waals surface area (Å²) in [4.78, 5) is 42.3. The Morgan fingerprint density at radius 2 is 2.10 bits per heavy atom. The molecule has 3 N–H and O–H groups in total. The predicted octanol–water partition coefficient (Wildman–Crippen LogP) is 1.85. The highest BCUT2D eigenvalue weighted by Crippen LogP contribution is 2.32. The van der Waals surface area contributed by atoms with Gasteiger partial charge in [0.25, 0.3) is 5.91 Å². The van der Waals surface area contributed by atoms with Gasteiger partial charge in [0, 0.05) is 11.4 Å². The maximum Gasteiger partial charge on any atom is 0.250 e.